The number of hydrogen-bond acceptors (Lipinski definition) is 8. The number of amides is 1. The average Bonchev–Trinajstić information content (AvgIpc) is 3.66. The Morgan fingerprint density at radius 1 is 0.837 bits per heavy atom. The van der Waals surface area contributed by atoms with Gasteiger partial charge in [-0.15, -0.1) is 0 Å². The van der Waals surface area contributed by atoms with E-state index in [1.807, 2.05) is 52.3 Å². The van der Waals surface area contributed by atoms with Crippen LogP contribution in [-0.4, -0.2) is 85.1 Å². The van der Waals surface area contributed by atoms with Crippen LogP contribution in [0.2, 0.25) is 0 Å². The first-order valence-corrected chi connectivity index (χ1v) is 17.0. The minimum Gasteiger partial charge on any atom is -0.339 e. The van der Waals surface area contributed by atoms with Crippen molar-refractivity contribution < 1.29 is 9.36 Å². The number of carbonyl (C=O) groups excluding carboxylic acids is 1. The number of nitrogens with zero attached hydrogens (tertiary/aromatic N) is 9. The molecule has 11 nitrogen and oxygen atoms in total. The van der Waals surface area contributed by atoms with E-state index in [0.717, 1.165) is 66.1 Å². The predicted octanol–water partition coefficient (Wildman–Crippen LogP) is 4.80. The van der Waals surface area contributed by atoms with Gasteiger partial charge in [0.05, 0.1) is 18.1 Å². The largest absolute Gasteiger partial charge is 0.459 e. The molecule has 0 aliphatic carbocycles. The maximum atomic E-state index is 11.8. The third-order valence-corrected chi connectivity index (χ3v) is 9.69. The van der Waals surface area contributed by atoms with Crippen LogP contribution in [0.5, 0.6) is 0 Å². The first-order chi connectivity index (χ1) is 24.1. The fourth-order valence-corrected chi connectivity index (χ4v) is 6.87. The van der Waals surface area contributed by atoms with Gasteiger partial charge in [-0.1, -0.05) is 60.7 Å². The molecule has 8 rings (SSSR count). The molecule has 1 amide bonds. The topological polar surface area (TPSA) is 111 Å². The number of piperazine rings is 1. The number of benzene rings is 2. The van der Waals surface area contributed by atoms with Crippen molar-refractivity contribution in [3.05, 3.63) is 109 Å². The number of pyridine rings is 2. The molecular formula is C38H39N10O+. The Morgan fingerprint density at radius 2 is 1.57 bits per heavy atom. The van der Waals surface area contributed by atoms with Crippen LogP contribution < -0.4 is 9.47 Å². The second-order valence-electron chi connectivity index (χ2n) is 12.9. The van der Waals surface area contributed by atoms with Gasteiger partial charge in [0.25, 0.3) is 0 Å². The van der Waals surface area contributed by atoms with Crippen molar-refractivity contribution in [2.24, 2.45) is 0 Å². The predicted molar refractivity (Wildman–Crippen MR) is 188 cm³/mol. The first kappa shape index (κ1) is 30.8. The van der Waals surface area contributed by atoms with Crippen molar-refractivity contribution in [3.63, 3.8) is 0 Å². The number of hydrogen-bond donors (Lipinski definition) is 1. The van der Waals surface area contributed by atoms with Gasteiger partial charge < -0.3 is 9.80 Å². The van der Waals surface area contributed by atoms with E-state index in [2.05, 4.69) is 74.6 Å². The van der Waals surface area contributed by atoms with Crippen LogP contribution in [0.25, 0.3) is 39.4 Å². The van der Waals surface area contributed by atoms with Crippen molar-refractivity contribution in [2.45, 2.75) is 32.2 Å². The Bertz CT molecular complexity index is 2050. The highest BCUT2D eigenvalue weighted by molar-refractivity contribution is 5.90. The van der Waals surface area contributed by atoms with Gasteiger partial charge in [-0.05, 0) is 60.2 Å². The van der Waals surface area contributed by atoms with Gasteiger partial charge in [0.1, 0.15) is 0 Å². The number of carbonyl (C=O) groups is 1. The minimum atomic E-state index is 0.106. The second kappa shape index (κ2) is 13.5. The SMILES string of the molecule is CC(=O)N1CCN(c2ncc3cc(-c4ccccc4)c(-c4ccc(CN5CCC(c6nc(-[n+]7ccccc7)n[nH]6)CC5)cc4)nc3n2)CC1. The molecule has 2 aliphatic rings. The van der Waals surface area contributed by atoms with E-state index in [-0.39, 0.29) is 5.91 Å². The van der Waals surface area contributed by atoms with Crippen LogP contribution in [-0.2, 0) is 11.3 Å². The molecule has 11 heteroatoms. The number of nitrogens with one attached hydrogen (secondary N) is 1. The summed E-state index contributed by atoms with van der Waals surface area (Å²) in [6, 6.07) is 27.3. The fraction of sp³-hybridized carbons (Fsp3) is 0.289. The molecule has 246 valence electrons. The lowest BCUT2D eigenvalue weighted by atomic mass is 9.95. The molecule has 0 radical (unpaired) electrons. The van der Waals surface area contributed by atoms with Crippen LogP contribution in [0.4, 0.5) is 5.95 Å². The number of likely N-dealkylation sites (tertiary alicyclic amines) is 1. The van der Waals surface area contributed by atoms with Crippen molar-refractivity contribution in [1.82, 2.24) is 39.9 Å². The number of H-pyrrole nitrogens is 1. The van der Waals surface area contributed by atoms with Crippen molar-refractivity contribution in [1.29, 1.82) is 0 Å². The highest BCUT2D eigenvalue weighted by Crippen LogP contribution is 2.34. The van der Waals surface area contributed by atoms with Crippen LogP contribution >= 0.6 is 0 Å². The lowest BCUT2D eigenvalue weighted by Gasteiger charge is -2.34. The lowest BCUT2D eigenvalue weighted by molar-refractivity contribution is -0.603. The third kappa shape index (κ3) is 6.62. The van der Waals surface area contributed by atoms with E-state index in [1.165, 1.54) is 5.56 Å². The number of anilines is 1. The monoisotopic (exact) mass is 651 g/mol. The first-order valence-electron chi connectivity index (χ1n) is 17.0. The van der Waals surface area contributed by atoms with Gasteiger partial charge in [-0.3, -0.25) is 9.69 Å². The summed E-state index contributed by atoms with van der Waals surface area (Å²) in [5.41, 5.74) is 6.05. The van der Waals surface area contributed by atoms with Crippen LogP contribution in [0.1, 0.15) is 37.1 Å². The van der Waals surface area contributed by atoms with Gasteiger partial charge in [-0.2, -0.15) is 10.1 Å². The Balaban J connectivity index is 0.985. The molecule has 2 saturated heterocycles. The number of aromatic amines is 1. The number of fused-ring (bicyclic) bond motifs is 1. The zero-order valence-corrected chi connectivity index (χ0v) is 27.6. The van der Waals surface area contributed by atoms with E-state index in [9.17, 15) is 4.79 Å². The number of piperidine rings is 1. The molecular weight excluding hydrogens is 612 g/mol. The zero-order valence-electron chi connectivity index (χ0n) is 27.6. The summed E-state index contributed by atoms with van der Waals surface area (Å²) in [7, 11) is 0. The Hall–Kier alpha value is -5.55. The lowest BCUT2D eigenvalue weighted by Crippen LogP contribution is -2.48. The molecule has 0 bridgehead atoms. The molecule has 0 atom stereocenters. The zero-order chi connectivity index (χ0) is 33.2. The average molecular weight is 652 g/mol. The van der Waals surface area contributed by atoms with E-state index in [1.54, 1.807) is 6.92 Å². The molecule has 49 heavy (non-hydrogen) atoms. The molecule has 2 aliphatic heterocycles. The maximum absolute atomic E-state index is 11.8. The molecule has 2 fully saturated rings. The molecule has 1 N–H and O–H groups in total. The van der Waals surface area contributed by atoms with E-state index >= 15 is 0 Å². The van der Waals surface area contributed by atoms with Gasteiger partial charge in [0.15, 0.2) is 5.65 Å². The molecule has 4 aromatic heterocycles. The summed E-state index contributed by atoms with van der Waals surface area (Å²) in [5.74, 6) is 2.80. The van der Waals surface area contributed by atoms with Crippen molar-refractivity contribution in [2.75, 3.05) is 44.2 Å². The summed E-state index contributed by atoms with van der Waals surface area (Å²) in [6.07, 6.45) is 7.89. The van der Waals surface area contributed by atoms with Crippen LogP contribution in [0.15, 0.2) is 97.5 Å². The summed E-state index contributed by atoms with van der Waals surface area (Å²) >= 11 is 0. The van der Waals surface area contributed by atoms with Gasteiger partial charge >= 0.3 is 5.95 Å². The molecule has 0 spiro atoms. The van der Waals surface area contributed by atoms with Crippen molar-refractivity contribution >= 4 is 22.9 Å². The Kier molecular flexibility index (Phi) is 8.49. The van der Waals surface area contributed by atoms with Crippen LogP contribution in [0, 0.1) is 0 Å². The standard InChI is InChI=1S/C38H39N10O/c1-27(49)46-20-22-48(23-21-46)37-39-25-32-24-33(29-8-4-2-5-9-29)34(40-35(32)41-37)30-12-10-28(11-13-30)26-45-18-14-31(15-19-45)36-42-38(44-43-36)47-16-6-3-7-17-47/h2-13,16-17,24-25,31H,14-15,18-23,26H2,1H3,(H,42,43,44)/q+1. The quantitative estimate of drug-likeness (QED) is 0.245. The van der Waals surface area contributed by atoms with Gasteiger partial charge in [-0.25, -0.2) is 14.5 Å². The fourth-order valence-electron chi connectivity index (χ4n) is 6.87. The minimum absolute atomic E-state index is 0.106. The summed E-state index contributed by atoms with van der Waals surface area (Å²) in [4.78, 5) is 37.9. The van der Waals surface area contributed by atoms with E-state index in [4.69, 9.17) is 19.9 Å². The van der Waals surface area contributed by atoms with Gasteiger partial charge in [0.2, 0.25) is 17.7 Å². The molecule has 6 heterocycles. The molecule has 6 aromatic rings. The maximum Gasteiger partial charge on any atom is 0.459 e. The molecule has 0 saturated carbocycles. The number of rotatable bonds is 7. The van der Waals surface area contributed by atoms with Crippen LogP contribution in [0.3, 0.4) is 0 Å². The third-order valence-electron chi connectivity index (χ3n) is 9.69. The van der Waals surface area contributed by atoms with E-state index < -0.39 is 0 Å². The highest BCUT2D eigenvalue weighted by atomic mass is 16.2. The van der Waals surface area contributed by atoms with Gasteiger partial charge in [0, 0.05) is 73.4 Å². The Morgan fingerprint density at radius 3 is 2.31 bits per heavy atom. The van der Waals surface area contributed by atoms with E-state index in [0.29, 0.717) is 49.6 Å². The molecule has 0 unspecified atom stereocenters. The molecule has 2 aromatic carbocycles. The summed E-state index contributed by atoms with van der Waals surface area (Å²) in [6.45, 7) is 7.29. The normalized spacial score (nSPS) is 15.9. The second-order valence-corrected chi connectivity index (χ2v) is 12.9. The smallest absolute Gasteiger partial charge is 0.339 e. The summed E-state index contributed by atoms with van der Waals surface area (Å²) < 4.78 is 1.93. The highest BCUT2D eigenvalue weighted by Gasteiger charge is 2.28. The number of aromatic nitrogens is 7. The summed E-state index contributed by atoms with van der Waals surface area (Å²) in [5, 5.41) is 8.52. The Labute approximate surface area is 285 Å². The van der Waals surface area contributed by atoms with Crippen molar-refractivity contribution in [3.8, 4) is 28.3 Å².